The highest BCUT2D eigenvalue weighted by atomic mass is 79.9. The van der Waals surface area contributed by atoms with Crippen LogP contribution in [0, 0.1) is 6.92 Å². The van der Waals surface area contributed by atoms with Crippen molar-refractivity contribution in [2.45, 2.75) is 12.8 Å². The smallest absolute Gasteiger partial charge is 0.312 e. The van der Waals surface area contributed by atoms with Gasteiger partial charge in [-0.1, -0.05) is 46.3 Å². The Hall–Kier alpha value is -1.81. The van der Waals surface area contributed by atoms with E-state index in [4.69, 9.17) is 0 Å². The molecule has 3 nitrogen and oxygen atoms in total. The van der Waals surface area contributed by atoms with Crippen LogP contribution in [0.3, 0.4) is 0 Å². The lowest BCUT2D eigenvalue weighted by atomic mass is 9.99. The summed E-state index contributed by atoms with van der Waals surface area (Å²) in [4.78, 5) is 11.4. The molecule has 0 aliphatic heterocycles. The molecular weight excluding hydrogens is 318 g/mol. The van der Waals surface area contributed by atoms with E-state index in [-0.39, 0.29) is 0 Å². The van der Waals surface area contributed by atoms with E-state index >= 15 is 0 Å². The van der Waals surface area contributed by atoms with E-state index in [1.807, 2.05) is 55.5 Å². The van der Waals surface area contributed by atoms with Crippen molar-refractivity contribution in [1.82, 2.24) is 0 Å². The average Bonchev–Trinajstić information content (AvgIpc) is 2.38. The van der Waals surface area contributed by atoms with E-state index in [0.29, 0.717) is 6.54 Å². The zero-order chi connectivity index (χ0) is 14.5. The summed E-state index contributed by atoms with van der Waals surface area (Å²) in [5, 5.41) is 12.6. The van der Waals surface area contributed by atoms with E-state index in [1.54, 1.807) is 0 Å². The van der Waals surface area contributed by atoms with E-state index in [9.17, 15) is 9.90 Å². The van der Waals surface area contributed by atoms with Gasteiger partial charge in [-0.15, -0.1) is 0 Å². The Kier molecular flexibility index (Phi) is 4.79. The summed E-state index contributed by atoms with van der Waals surface area (Å²) in [5.41, 5.74) is 2.84. The standard InChI is InChI=1S/C16H16BrNO2/c1-11-7-13(17)9-14(8-11)18-10-15(16(19)20)12-5-3-2-4-6-12/h2-9,15,18H,10H2,1H3,(H,19,20). The van der Waals surface area contributed by atoms with Gasteiger partial charge in [-0.3, -0.25) is 4.79 Å². The maximum atomic E-state index is 11.4. The zero-order valence-electron chi connectivity index (χ0n) is 11.1. The molecule has 2 aromatic rings. The monoisotopic (exact) mass is 333 g/mol. The number of hydrogen-bond donors (Lipinski definition) is 2. The zero-order valence-corrected chi connectivity index (χ0v) is 12.7. The minimum absolute atomic E-state index is 0.356. The number of hydrogen-bond acceptors (Lipinski definition) is 2. The molecule has 0 saturated carbocycles. The number of rotatable bonds is 5. The van der Waals surface area contributed by atoms with Gasteiger partial charge in [-0.25, -0.2) is 0 Å². The summed E-state index contributed by atoms with van der Waals surface area (Å²) in [6.45, 7) is 2.36. The second-order valence-corrected chi connectivity index (χ2v) is 5.62. The van der Waals surface area contributed by atoms with Gasteiger partial charge in [-0.05, 0) is 36.2 Å². The van der Waals surface area contributed by atoms with Crippen molar-refractivity contribution in [1.29, 1.82) is 0 Å². The number of benzene rings is 2. The fraction of sp³-hybridized carbons (Fsp3) is 0.188. The third-order valence-corrected chi connectivity index (χ3v) is 3.51. The van der Waals surface area contributed by atoms with Gasteiger partial charge < -0.3 is 10.4 Å². The Labute approximate surface area is 126 Å². The van der Waals surface area contributed by atoms with Crippen LogP contribution in [-0.4, -0.2) is 17.6 Å². The lowest BCUT2D eigenvalue weighted by Gasteiger charge is -2.15. The first-order valence-corrected chi connectivity index (χ1v) is 7.14. The van der Waals surface area contributed by atoms with E-state index in [0.717, 1.165) is 21.3 Å². The Morgan fingerprint density at radius 1 is 1.25 bits per heavy atom. The Balaban J connectivity index is 2.12. The minimum Gasteiger partial charge on any atom is -0.481 e. The van der Waals surface area contributed by atoms with Crippen LogP contribution in [0.1, 0.15) is 17.0 Å². The predicted octanol–water partition coefficient (Wildman–Crippen LogP) is 4.04. The molecule has 0 spiro atoms. The Morgan fingerprint density at radius 3 is 2.55 bits per heavy atom. The Morgan fingerprint density at radius 2 is 1.95 bits per heavy atom. The summed E-state index contributed by atoms with van der Waals surface area (Å²) in [6, 6.07) is 15.2. The van der Waals surface area contributed by atoms with Gasteiger partial charge in [0, 0.05) is 16.7 Å². The van der Waals surface area contributed by atoms with Gasteiger partial charge >= 0.3 is 5.97 Å². The van der Waals surface area contributed by atoms with Crippen molar-refractivity contribution in [3.05, 3.63) is 64.1 Å². The number of nitrogens with one attached hydrogen (secondary N) is 1. The second kappa shape index (κ2) is 6.57. The molecule has 4 heteroatoms. The highest BCUT2D eigenvalue weighted by Gasteiger charge is 2.19. The first-order chi connectivity index (χ1) is 9.56. The minimum atomic E-state index is -0.824. The summed E-state index contributed by atoms with van der Waals surface area (Å²) < 4.78 is 0.978. The third-order valence-electron chi connectivity index (χ3n) is 3.05. The van der Waals surface area contributed by atoms with Gasteiger partial charge in [0.25, 0.3) is 0 Å². The quantitative estimate of drug-likeness (QED) is 0.868. The van der Waals surface area contributed by atoms with Crippen LogP contribution in [0.15, 0.2) is 53.0 Å². The first kappa shape index (κ1) is 14.6. The van der Waals surface area contributed by atoms with Crippen LogP contribution in [-0.2, 0) is 4.79 Å². The summed E-state index contributed by atoms with van der Waals surface area (Å²) in [7, 11) is 0. The van der Waals surface area contributed by atoms with E-state index < -0.39 is 11.9 Å². The van der Waals surface area contributed by atoms with Crippen LogP contribution in [0.2, 0.25) is 0 Å². The fourth-order valence-corrected chi connectivity index (χ4v) is 2.70. The van der Waals surface area contributed by atoms with Crippen molar-refractivity contribution in [2.75, 3.05) is 11.9 Å². The average molecular weight is 334 g/mol. The highest BCUT2D eigenvalue weighted by molar-refractivity contribution is 9.10. The number of anilines is 1. The molecule has 0 heterocycles. The van der Waals surface area contributed by atoms with Crippen LogP contribution in [0.25, 0.3) is 0 Å². The second-order valence-electron chi connectivity index (χ2n) is 4.70. The number of carbonyl (C=O) groups is 1. The number of aryl methyl sites for hydroxylation is 1. The molecule has 0 aliphatic rings. The van der Waals surface area contributed by atoms with Gasteiger partial charge in [0.1, 0.15) is 0 Å². The van der Waals surface area contributed by atoms with Crippen LogP contribution >= 0.6 is 15.9 Å². The predicted molar refractivity (Wildman–Crippen MR) is 84.2 cm³/mol. The molecule has 104 valence electrons. The fourth-order valence-electron chi connectivity index (χ4n) is 2.09. The molecule has 0 amide bonds. The van der Waals surface area contributed by atoms with Crippen molar-refractivity contribution in [2.24, 2.45) is 0 Å². The maximum absolute atomic E-state index is 11.4. The number of aliphatic carboxylic acids is 1. The van der Waals surface area contributed by atoms with E-state index in [2.05, 4.69) is 21.2 Å². The number of carboxylic acid groups (broad SMARTS) is 1. The van der Waals surface area contributed by atoms with Crippen molar-refractivity contribution < 1.29 is 9.90 Å². The first-order valence-electron chi connectivity index (χ1n) is 6.35. The lowest BCUT2D eigenvalue weighted by molar-refractivity contribution is -0.138. The van der Waals surface area contributed by atoms with Crippen molar-refractivity contribution in [3.63, 3.8) is 0 Å². The van der Waals surface area contributed by atoms with Crippen LogP contribution < -0.4 is 5.32 Å². The molecule has 0 radical (unpaired) electrons. The number of halogens is 1. The van der Waals surface area contributed by atoms with Gasteiger partial charge in [0.2, 0.25) is 0 Å². The SMILES string of the molecule is Cc1cc(Br)cc(NCC(C(=O)O)c2ccccc2)c1. The largest absolute Gasteiger partial charge is 0.481 e. The van der Waals surface area contributed by atoms with Gasteiger partial charge in [-0.2, -0.15) is 0 Å². The van der Waals surface area contributed by atoms with Crippen LogP contribution in [0.5, 0.6) is 0 Å². The molecule has 1 atom stereocenters. The molecule has 0 fully saturated rings. The number of carboxylic acids is 1. The molecule has 0 aromatic heterocycles. The van der Waals surface area contributed by atoms with Gasteiger partial charge in [0.05, 0.1) is 5.92 Å². The van der Waals surface area contributed by atoms with E-state index in [1.165, 1.54) is 0 Å². The normalized spacial score (nSPS) is 11.9. The van der Waals surface area contributed by atoms with Crippen molar-refractivity contribution in [3.8, 4) is 0 Å². The molecule has 20 heavy (non-hydrogen) atoms. The summed E-state index contributed by atoms with van der Waals surface area (Å²) >= 11 is 3.44. The third kappa shape index (κ3) is 3.84. The van der Waals surface area contributed by atoms with Crippen molar-refractivity contribution >= 4 is 27.6 Å². The van der Waals surface area contributed by atoms with Gasteiger partial charge in [0.15, 0.2) is 0 Å². The molecule has 0 saturated heterocycles. The lowest BCUT2D eigenvalue weighted by Crippen LogP contribution is -2.20. The molecule has 2 aromatic carbocycles. The molecule has 2 N–H and O–H groups in total. The molecular formula is C16H16BrNO2. The molecule has 0 bridgehead atoms. The molecule has 2 rings (SSSR count). The Bertz CT molecular complexity index is 578. The van der Waals surface area contributed by atoms with Crippen LogP contribution in [0.4, 0.5) is 5.69 Å². The summed E-state index contributed by atoms with van der Waals surface area (Å²) in [5.74, 6) is -1.38. The maximum Gasteiger partial charge on any atom is 0.312 e. The molecule has 1 unspecified atom stereocenters. The molecule has 0 aliphatic carbocycles. The summed E-state index contributed by atoms with van der Waals surface area (Å²) in [6.07, 6.45) is 0. The topological polar surface area (TPSA) is 49.3 Å². The highest BCUT2D eigenvalue weighted by Crippen LogP contribution is 2.21.